The molecule has 4 rings (SSSR count). The number of rotatable bonds is 9. The average molecular weight is 442 g/mol. The van der Waals surface area contributed by atoms with Crippen molar-refractivity contribution in [1.29, 1.82) is 0 Å². The number of amides is 2. The number of likely N-dealkylation sites (tertiary alicyclic amines) is 1. The molecule has 4 unspecified atom stereocenters. The highest BCUT2D eigenvalue weighted by Gasteiger charge is 2.58. The van der Waals surface area contributed by atoms with E-state index >= 15 is 0 Å². The number of hydrogen-bond acceptors (Lipinski definition) is 4. The minimum atomic E-state index is -0.230. The molecule has 7 nitrogen and oxygen atoms in total. The van der Waals surface area contributed by atoms with Gasteiger partial charge in [-0.25, -0.2) is 4.39 Å². The minimum Gasteiger partial charge on any atom is -0.357 e. The molecule has 0 radical (unpaired) electrons. The first-order chi connectivity index (χ1) is 15.5. The van der Waals surface area contributed by atoms with Gasteiger partial charge in [0.25, 0.3) is 0 Å². The molecule has 2 bridgehead atoms. The number of carbonyl (C=O) groups excluding carboxylic acids is 2. The van der Waals surface area contributed by atoms with Crippen molar-refractivity contribution in [3.05, 3.63) is 47.8 Å². The summed E-state index contributed by atoms with van der Waals surface area (Å²) in [6.07, 6.45) is 5.18. The van der Waals surface area contributed by atoms with E-state index in [0.29, 0.717) is 25.6 Å². The van der Waals surface area contributed by atoms with Gasteiger partial charge >= 0.3 is 0 Å². The predicted octanol–water partition coefficient (Wildman–Crippen LogP) is 1.62. The molecule has 1 aromatic carbocycles. The maximum atomic E-state index is 13.0. The third-order valence-corrected chi connectivity index (χ3v) is 6.65. The fourth-order valence-corrected chi connectivity index (χ4v) is 5.13. The summed E-state index contributed by atoms with van der Waals surface area (Å²) in [6, 6.07) is 6.52. The van der Waals surface area contributed by atoms with Crippen LogP contribution in [-0.4, -0.2) is 67.3 Å². The Morgan fingerprint density at radius 2 is 1.78 bits per heavy atom. The molecular formula is C24H32FN5O2. The summed E-state index contributed by atoms with van der Waals surface area (Å²) in [6.45, 7) is 5.60. The zero-order valence-corrected chi connectivity index (χ0v) is 18.8. The molecule has 1 heterocycles. The Kier molecular flexibility index (Phi) is 6.89. The van der Waals surface area contributed by atoms with Crippen LogP contribution < -0.4 is 10.6 Å². The van der Waals surface area contributed by atoms with Crippen molar-refractivity contribution >= 4 is 17.8 Å². The third kappa shape index (κ3) is 4.70. The summed E-state index contributed by atoms with van der Waals surface area (Å²) in [7, 11) is 2.00. The summed E-state index contributed by atoms with van der Waals surface area (Å²) < 4.78 is 13.0. The second-order valence-corrected chi connectivity index (χ2v) is 8.88. The highest BCUT2D eigenvalue weighted by molar-refractivity contribution is 6.06. The van der Waals surface area contributed by atoms with Gasteiger partial charge in [0.1, 0.15) is 5.82 Å². The Morgan fingerprint density at radius 3 is 2.41 bits per heavy atom. The molecule has 2 amide bonds. The molecular weight excluding hydrogens is 409 g/mol. The first-order valence-electron chi connectivity index (χ1n) is 11.5. The molecule has 1 aliphatic heterocycles. The molecule has 0 aromatic heterocycles. The van der Waals surface area contributed by atoms with E-state index in [-0.39, 0.29) is 41.3 Å². The van der Waals surface area contributed by atoms with Gasteiger partial charge in [-0.15, -0.1) is 0 Å². The van der Waals surface area contributed by atoms with Gasteiger partial charge in [0, 0.05) is 32.7 Å². The van der Waals surface area contributed by atoms with Crippen molar-refractivity contribution in [3.8, 4) is 0 Å². The number of halogens is 1. The molecule has 32 heavy (non-hydrogen) atoms. The van der Waals surface area contributed by atoms with Crippen LogP contribution in [0.1, 0.15) is 18.9 Å². The third-order valence-electron chi connectivity index (χ3n) is 6.65. The fraction of sp³-hybridized carbons (Fsp3) is 0.542. The van der Waals surface area contributed by atoms with E-state index in [1.807, 2.05) is 14.0 Å². The standard InChI is InChI=1S/C24H32FN5O2/c1-3-26-24(27-10-12-29(2)15-16-4-8-19(25)9-5-16)28-11-13-30-22(31)20-17-6-7-18(14-17)21(20)23(30)32/h4-9,17-18,20-21H,3,10-15H2,1-2H3,(H2,26,27,28). The van der Waals surface area contributed by atoms with Crippen LogP contribution in [-0.2, 0) is 16.1 Å². The van der Waals surface area contributed by atoms with Gasteiger partial charge in [-0.2, -0.15) is 0 Å². The van der Waals surface area contributed by atoms with Gasteiger partial charge in [0.2, 0.25) is 11.8 Å². The number of likely N-dealkylation sites (N-methyl/N-ethyl adjacent to an activating group) is 1. The van der Waals surface area contributed by atoms with E-state index in [9.17, 15) is 14.0 Å². The maximum absolute atomic E-state index is 13.0. The number of benzene rings is 1. The Hall–Kier alpha value is -2.74. The van der Waals surface area contributed by atoms with Crippen molar-refractivity contribution in [2.45, 2.75) is 19.9 Å². The molecule has 1 aromatic rings. The van der Waals surface area contributed by atoms with Gasteiger partial charge in [-0.3, -0.25) is 19.5 Å². The molecule has 2 fully saturated rings. The average Bonchev–Trinajstić information content (AvgIpc) is 3.45. The highest BCUT2D eigenvalue weighted by Crippen LogP contribution is 2.52. The minimum absolute atomic E-state index is 0.0111. The van der Waals surface area contributed by atoms with E-state index in [1.165, 1.54) is 17.0 Å². The number of nitrogens with one attached hydrogen (secondary N) is 2. The van der Waals surface area contributed by atoms with Gasteiger partial charge in [0.05, 0.1) is 18.4 Å². The van der Waals surface area contributed by atoms with Crippen molar-refractivity contribution in [2.75, 3.05) is 39.8 Å². The van der Waals surface area contributed by atoms with Crippen LogP contribution in [0.5, 0.6) is 0 Å². The van der Waals surface area contributed by atoms with E-state index in [0.717, 1.165) is 31.6 Å². The van der Waals surface area contributed by atoms with E-state index in [4.69, 9.17) is 0 Å². The summed E-state index contributed by atoms with van der Waals surface area (Å²) in [4.78, 5) is 33.7. The molecule has 1 saturated heterocycles. The first-order valence-corrected chi connectivity index (χ1v) is 11.5. The van der Waals surface area contributed by atoms with E-state index in [2.05, 4.69) is 32.7 Å². The van der Waals surface area contributed by atoms with Crippen molar-refractivity contribution < 1.29 is 14.0 Å². The van der Waals surface area contributed by atoms with Crippen LogP contribution in [0.15, 0.2) is 41.4 Å². The van der Waals surface area contributed by atoms with Gasteiger partial charge in [0.15, 0.2) is 5.96 Å². The first kappa shape index (κ1) is 22.5. The topological polar surface area (TPSA) is 77.0 Å². The van der Waals surface area contributed by atoms with Crippen molar-refractivity contribution in [2.24, 2.45) is 28.7 Å². The summed E-state index contributed by atoms with van der Waals surface area (Å²) in [5.41, 5.74) is 1.05. The molecule has 8 heteroatoms. The summed E-state index contributed by atoms with van der Waals surface area (Å²) in [5, 5.41) is 6.44. The zero-order chi connectivity index (χ0) is 22.7. The molecule has 2 N–H and O–H groups in total. The quantitative estimate of drug-likeness (QED) is 0.264. The number of allylic oxidation sites excluding steroid dienone is 2. The highest BCUT2D eigenvalue weighted by atomic mass is 19.1. The lowest BCUT2D eigenvalue weighted by Crippen LogP contribution is -2.44. The lowest BCUT2D eigenvalue weighted by molar-refractivity contribution is -0.140. The second kappa shape index (κ2) is 9.81. The summed E-state index contributed by atoms with van der Waals surface area (Å²) in [5.74, 6) is 0.615. The largest absolute Gasteiger partial charge is 0.357 e. The van der Waals surface area contributed by atoms with Gasteiger partial charge < -0.3 is 15.5 Å². The molecule has 4 atom stereocenters. The molecule has 3 aliphatic rings. The Bertz CT molecular complexity index is 870. The molecule has 172 valence electrons. The Labute approximate surface area is 188 Å². The van der Waals surface area contributed by atoms with Crippen molar-refractivity contribution in [1.82, 2.24) is 20.4 Å². The van der Waals surface area contributed by atoms with Crippen LogP contribution in [0, 0.1) is 29.5 Å². The predicted molar refractivity (Wildman–Crippen MR) is 121 cm³/mol. The number of hydrogen-bond donors (Lipinski definition) is 2. The monoisotopic (exact) mass is 441 g/mol. The second-order valence-electron chi connectivity index (χ2n) is 8.88. The zero-order valence-electron chi connectivity index (χ0n) is 18.8. The van der Waals surface area contributed by atoms with Crippen LogP contribution in [0.2, 0.25) is 0 Å². The SMILES string of the molecule is CCNC(=NCCN(C)Cc1ccc(F)cc1)NCCN1C(=O)C2C3C=CC(C3)C2C1=O. The van der Waals surface area contributed by atoms with Gasteiger partial charge in [-0.1, -0.05) is 24.3 Å². The van der Waals surface area contributed by atoms with Crippen LogP contribution in [0.4, 0.5) is 4.39 Å². The Balaban J connectivity index is 1.23. The van der Waals surface area contributed by atoms with Crippen LogP contribution in [0.25, 0.3) is 0 Å². The number of guanidine groups is 1. The smallest absolute Gasteiger partial charge is 0.233 e. The van der Waals surface area contributed by atoms with Crippen LogP contribution in [0.3, 0.4) is 0 Å². The summed E-state index contributed by atoms with van der Waals surface area (Å²) >= 11 is 0. The molecule has 2 aliphatic carbocycles. The number of imide groups is 1. The number of carbonyl (C=O) groups is 2. The number of aliphatic imine (C=N–C) groups is 1. The van der Waals surface area contributed by atoms with Crippen molar-refractivity contribution in [3.63, 3.8) is 0 Å². The number of nitrogens with zero attached hydrogens (tertiary/aromatic N) is 3. The Morgan fingerprint density at radius 1 is 1.12 bits per heavy atom. The van der Waals surface area contributed by atoms with E-state index in [1.54, 1.807) is 12.1 Å². The fourth-order valence-electron chi connectivity index (χ4n) is 5.13. The van der Waals surface area contributed by atoms with Gasteiger partial charge in [-0.05, 0) is 49.9 Å². The number of fused-ring (bicyclic) bond motifs is 5. The molecule has 0 spiro atoms. The van der Waals surface area contributed by atoms with Crippen LogP contribution >= 0.6 is 0 Å². The van der Waals surface area contributed by atoms with E-state index < -0.39 is 0 Å². The normalized spacial score (nSPS) is 26.4. The maximum Gasteiger partial charge on any atom is 0.233 e. The molecule has 1 saturated carbocycles. The lowest BCUT2D eigenvalue weighted by atomic mass is 9.85. The lowest BCUT2D eigenvalue weighted by Gasteiger charge is -2.19.